The van der Waals surface area contributed by atoms with Crippen molar-refractivity contribution in [1.82, 2.24) is 5.32 Å². The zero-order valence-electron chi connectivity index (χ0n) is 11.3. The Morgan fingerprint density at radius 2 is 2.05 bits per heavy atom. The van der Waals surface area contributed by atoms with Gasteiger partial charge in [-0.15, -0.1) is 0 Å². The van der Waals surface area contributed by atoms with E-state index in [0.29, 0.717) is 24.6 Å². The van der Waals surface area contributed by atoms with Gasteiger partial charge < -0.3 is 20.1 Å². The number of hydrogen-bond acceptors (Lipinski definition) is 4. The lowest BCUT2D eigenvalue weighted by molar-refractivity contribution is -0.114. The molecule has 0 saturated carbocycles. The van der Waals surface area contributed by atoms with E-state index in [0.717, 1.165) is 5.56 Å². The SMILES string of the molecule is CCOC(=O)NCc1ccc(OC)c(NC(C)=O)c1. The number of benzene rings is 1. The van der Waals surface area contributed by atoms with Gasteiger partial charge in [0, 0.05) is 13.5 Å². The summed E-state index contributed by atoms with van der Waals surface area (Å²) < 4.78 is 9.90. The minimum Gasteiger partial charge on any atom is -0.495 e. The number of alkyl carbamates (subject to hydrolysis) is 1. The summed E-state index contributed by atoms with van der Waals surface area (Å²) in [4.78, 5) is 22.3. The van der Waals surface area contributed by atoms with Crippen LogP contribution in [0.3, 0.4) is 0 Å². The molecule has 0 saturated heterocycles. The second kappa shape index (κ2) is 7.25. The van der Waals surface area contributed by atoms with Crippen molar-refractivity contribution in [2.45, 2.75) is 20.4 Å². The highest BCUT2D eigenvalue weighted by molar-refractivity contribution is 5.90. The van der Waals surface area contributed by atoms with Crippen LogP contribution in [-0.2, 0) is 16.1 Å². The average Bonchev–Trinajstić information content (AvgIpc) is 2.36. The Bertz CT molecular complexity index is 460. The van der Waals surface area contributed by atoms with Crippen molar-refractivity contribution in [2.24, 2.45) is 0 Å². The van der Waals surface area contributed by atoms with Crippen LogP contribution in [0.4, 0.5) is 10.5 Å². The summed E-state index contributed by atoms with van der Waals surface area (Å²) >= 11 is 0. The van der Waals surface area contributed by atoms with Gasteiger partial charge in [-0.2, -0.15) is 0 Å². The largest absolute Gasteiger partial charge is 0.495 e. The van der Waals surface area contributed by atoms with Gasteiger partial charge in [0.1, 0.15) is 5.75 Å². The molecule has 0 fully saturated rings. The molecule has 0 spiro atoms. The Hall–Kier alpha value is -2.24. The standard InChI is InChI=1S/C13H18N2O4/c1-4-19-13(17)14-8-10-5-6-12(18-3)11(7-10)15-9(2)16/h5-7H,4,8H2,1-3H3,(H,14,17)(H,15,16). The van der Waals surface area contributed by atoms with Crippen LogP contribution in [0.5, 0.6) is 5.75 Å². The second-order valence-corrected chi connectivity index (χ2v) is 3.79. The fourth-order valence-electron chi connectivity index (χ4n) is 1.51. The van der Waals surface area contributed by atoms with Crippen molar-refractivity contribution in [2.75, 3.05) is 19.0 Å². The van der Waals surface area contributed by atoms with Gasteiger partial charge in [0.05, 0.1) is 19.4 Å². The molecule has 1 aromatic carbocycles. The molecule has 2 amide bonds. The number of anilines is 1. The number of hydrogen-bond donors (Lipinski definition) is 2. The second-order valence-electron chi connectivity index (χ2n) is 3.79. The summed E-state index contributed by atoms with van der Waals surface area (Å²) in [5.41, 5.74) is 1.40. The van der Waals surface area contributed by atoms with Crippen LogP contribution in [0.25, 0.3) is 0 Å². The molecule has 0 atom stereocenters. The molecule has 0 bridgehead atoms. The van der Waals surface area contributed by atoms with E-state index in [2.05, 4.69) is 10.6 Å². The highest BCUT2D eigenvalue weighted by Gasteiger charge is 2.07. The van der Waals surface area contributed by atoms with Crippen LogP contribution in [0.15, 0.2) is 18.2 Å². The molecule has 6 nitrogen and oxygen atoms in total. The number of nitrogens with one attached hydrogen (secondary N) is 2. The normalized spacial score (nSPS) is 9.63. The third-order valence-electron chi connectivity index (χ3n) is 2.29. The lowest BCUT2D eigenvalue weighted by Crippen LogP contribution is -2.23. The number of carbonyl (C=O) groups excluding carboxylic acids is 2. The van der Waals surface area contributed by atoms with Gasteiger partial charge in [-0.05, 0) is 24.6 Å². The maximum atomic E-state index is 11.2. The topological polar surface area (TPSA) is 76.7 Å². The van der Waals surface area contributed by atoms with E-state index < -0.39 is 6.09 Å². The lowest BCUT2D eigenvalue weighted by Gasteiger charge is -2.11. The van der Waals surface area contributed by atoms with Gasteiger partial charge in [0.25, 0.3) is 0 Å². The van der Waals surface area contributed by atoms with Crippen molar-refractivity contribution >= 4 is 17.7 Å². The first-order chi connectivity index (χ1) is 9.06. The molecule has 0 heterocycles. The maximum absolute atomic E-state index is 11.2. The molecular weight excluding hydrogens is 248 g/mol. The molecule has 19 heavy (non-hydrogen) atoms. The number of ether oxygens (including phenoxy) is 2. The number of methoxy groups -OCH3 is 1. The molecule has 0 unspecified atom stereocenters. The third-order valence-corrected chi connectivity index (χ3v) is 2.29. The van der Waals surface area contributed by atoms with Gasteiger partial charge in [-0.1, -0.05) is 6.07 Å². The molecule has 1 aromatic rings. The van der Waals surface area contributed by atoms with E-state index in [9.17, 15) is 9.59 Å². The molecule has 2 N–H and O–H groups in total. The lowest BCUT2D eigenvalue weighted by atomic mass is 10.2. The number of carbonyl (C=O) groups is 2. The summed E-state index contributed by atoms with van der Waals surface area (Å²) in [6.45, 7) is 3.80. The quantitative estimate of drug-likeness (QED) is 0.853. The molecule has 6 heteroatoms. The Morgan fingerprint density at radius 1 is 1.32 bits per heavy atom. The first-order valence-corrected chi connectivity index (χ1v) is 5.92. The summed E-state index contributed by atoms with van der Waals surface area (Å²) in [7, 11) is 1.52. The minimum absolute atomic E-state index is 0.186. The zero-order valence-corrected chi connectivity index (χ0v) is 11.3. The van der Waals surface area contributed by atoms with Gasteiger partial charge in [-0.3, -0.25) is 4.79 Å². The van der Waals surface area contributed by atoms with Crippen LogP contribution in [0.2, 0.25) is 0 Å². The monoisotopic (exact) mass is 266 g/mol. The van der Waals surface area contributed by atoms with Crippen LogP contribution in [0, 0.1) is 0 Å². The summed E-state index contributed by atoms with van der Waals surface area (Å²) in [5, 5.41) is 5.27. The highest BCUT2D eigenvalue weighted by atomic mass is 16.5. The van der Waals surface area contributed by atoms with Gasteiger partial charge in [0.2, 0.25) is 5.91 Å². The van der Waals surface area contributed by atoms with E-state index >= 15 is 0 Å². The van der Waals surface area contributed by atoms with Crippen molar-refractivity contribution in [3.63, 3.8) is 0 Å². The van der Waals surface area contributed by atoms with E-state index in [1.807, 2.05) is 0 Å². The summed E-state index contributed by atoms with van der Waals surface area (Å²) in [5.74, 6) is 0.379. The summed E-state index contributed by atoms with van der Waals surface area (Å²) in [6.07, 6.45) is -0.473. The Balaban J connectivity index is 2.74. The van der Waals surface area contributed by atoms with Gasteiger partial charge in [0.15, 0.2) is 0 Å². The number of rotatable bonds is 5. The minimum atomic E-state index is -0.473. The van der Waals surface area contributed by atoms with E-state index in [1.54, 1.807) is 25.1 Å². The predicted octanol–water partition coefficient (Wildman–Crippen LogP) is 1.90. The fraction of sp³-hybridized carbons (Fsp3) is 0.385. The van der Waals surface area contributed by atoms with Crippen molar-refractivity contribution in [3.05, 3.63) is 23.8 Å². The fourth-order valence-corrected chi connectivity index (χ4v) is 1.51. The zero-order chi connectivity index (χ0) is 14.3. The first kappa shape index (κ1) is 14.8. The predicted molar refractivity (Wildman–Crippen MR) is 71.2 cm³/mol. The Morgan fingerprint density at radius 3 is 2.63 bits per heavy atom. The molecule has 0 aromatic heterocycles. The highest BCUT2D eigenvalue weighted by Crippen LogP contribution is 2.25. The van der Waals surface area contributed by atoms with E-state index in [1.165, 1.54) is 14.0 Å². The summed E-state index contributed by atoms with van der Waals surface area (Å²) in [6, 6.07) is 5.27. The van der Waals surface area contributed by atoms with Gasteiger partial charge in [-0.25, -0.2) is 4.79 Å². The van der Waals surface area contributed by atoms with Crippen LogP contribution in [-0.4, -0.2) is 25.7 Å². The van der Waals surface area contributed by atoms with Gasteiger partial charge >= 0.3 is 6.09 Å². The van der Waals surface area contributed by atoms with Crippen molar-refractivity contribution in [3.8, 4) is 5.75 Å². The molecule has 104 valence electrons. The smallest absolute Gasteiger partial charge is 0.407 e. The maximum Gasteiger partial charge on any atom is 0.407 e. The van der Waals surface area contributed by atoms with Crippen molar-refractivity contribution < 1.29 is 19.1 Å². The van der Waals surface area contributed by atoms with Crippen LogP contribution in [0.1, 0.15) is 19.4 Å². The molecule has 0 aliphatic rings. The molecule has 0 radical (unpaired) electrons. The molecule has 0 aliphatic heterocycles. The number of amides is 2. The Labute approximate surface area is 112 Å². The third kappa shape index (κ3) is 4.87. The molecular formula is C13H18N2O4. The van der Waals surface area contributed by atoms with Crippen LogP contribution < -0.4 is 15.4 Å². The first-order valence-electron chi connectivity index (χ1n) is 5.92. The van der Waals surface area contributed by atoms with Crippen molar-refractivity contribution in [1.29, 1.82) is 0 Å². The molecule has 1 rings (SSSR count). The van der Waals surface area contributed by atoms with E-state index in [4.69, 9.17) is 9.47 Å². The average molecular weight is 266 g/mol. The Kier molecular flexibility index (Phi) is 5.66. The van der Waals surface area contributed by atoms with Crippen LogP contribution >= 0.6 is 0 Å². The van der Waals surface area contributed by atoms with E-state index in [-0.39, 0.29) is 5.91 Å². The molecule has 0 aliphatic carbocycles.